The minimum Gasteiger partial charge on any atom is -0.212 e. The van der Waals surface area contributed by atoms with Crippen molar-refractivity contribution in [3.8, 4) is 0 Å². The summed E-state index contributed by atoms with van der Waals surface area (Å²) in [7, 11) is -3.17. The Morgan fingerprint density at radius 1 is 1.11 bits per heavy atom. The summed E-state index contributed by atoms with van der Waals surface area (Å²) >= 11 is 5.76. The van der Waals surface area contributed by atoms with E-state index in [1.165, 1.54) is 0 Å². The van der Waals surface area contributed by atoms with E-state index in [1.54, 1.807) is 4.31 Å². The molecule has 5 heteroatoms. The quantitative estimate of drug-likeness (QED) is 0.799. The zero-order valence-electron chi connectivity index (χ0n) is 10.3. The van der Waals surface area contributed by atoms with E-state index in [4.69, 9.17) is 11.6 Å². The standard InChI is InChI=1S/C13H18ClNO2S/c14-10-12-5-4-6-13(9-12)11-18(16,17)15-7-2-1-3-8-15/h4-6,9H,1-3,7-8,10-11H2. The molecule has 0 bridgehead atoms. The van der Waals surface area contributed by atoms with Gasteiger partial charge in [-0.15, -0.1) is 11.6 Å². The molecule has 2 rings (SSSR count). The molecule has 0 amide bonds. The van der Waals surface area contributed by atoms with Crippen LogP contribution in [0.3, 0.4) is 0 Å². The second kappa shape index (κ2) is 6.04. The van der Waals surface area contributed by atoms with Crippen LogP contribution in [0.1, 0.15) is 30.4 Å². The normalized spacial score (nSPS) is 17.8. The van der Waals surface area contributed by atoms with Gasteiger partial charge in [-0.3, -0.25) is 0 Å². The van der Waals surface area contributed by atoms with Crippen LogP contribution >= 0.6 is 11.6 Å². The molecule has 1 aliphatic rings. The molecule has 0 saturated carbocycles. The zero-order chi connectivity index (χ0) is 13.0. The fourth-order valence-corrected chi connectivity index (χ4v) is 4.01. The highest BCUT2D eigenvalue weighted by Crippen LogP contribution is 2.18. The van der Waals surface area contributed by atoms with E-state index in [0.717, 1.165) is 30.4 Å². The van der Waals surface area contributed by atoms with Crippen LogP contribution in [0.4, 0.5) is 0 Å². The van der Waals surface area contributed by atoms with Crippen molar-refractivity contribution in [3.05, 3.63) is 35.4 Å². The van der Waals surface area contributed by atoms with E-state index < -0.39 is 10.0 Å². The minimum absolute atomic E-state index is 0.0811. The maximum atomic E-state index is 12.2. The number of rotatable bonds is 4. The molecule has 3 nitrogen and oxygen atoms in total. The van der Waals surface area contributed by atoms with Gasteiger partial charge in [0, 0.05) is 19.0 Å². The third-order valence-electron chi connectivity index (χ3n) is 3.20. The highest BCUT2D eigenvalue weighted by atomic mass is 35.5. The van der Waals surface area contributed by atoms with E-state index in [2.05, 4.69) is 0 Å². The molecule has 0 radical (unpaired) electrons. The lowest BCUT2D eigenvalue weighted by atomic mass is 10.2. The topological polar surface area (TPSA) is 37.4 Å². The van der Waals surface area contributed by atoms with Crippen LogP contribution < -0.4 is 0 Å². The molecule has 1 fully saturated rings. The average Bonchev–Trinajstić information content (AvgIpc) is 2.39. The lowest BCUT2D eigenvalue weighted by molar-refractivity contribution is 0.346. The first-order valence-electron chi connectivity index (χ1n) is 6.23. The van der Waals surface area contributed by atoms with Gasteiger partial charge in [0.15, 0.2) is 0 Å². The zero-order valence-corrected chi connectivity index (χ0v) is 11.9. The Morgan fingerprint density at radius 2 is 1.78 bits per heavy atom. The Morgan fingerprint density at radius 3 is 2.44 bits per heavy atom. The van der Waals surface area contributed by atoms with E-state index in [1.807, 2.05) is 24.3 Å². The van der Waals surface area contributed by atoms with Crippen molar-refractivity contribution in [2.75, 3.05) is 13.1 Å². The summed E-state index contributed by atoms with van der Waals surface area (Å²) in [5, 5.41) is 0. The minimum atomic E-state index is -3.17. The Hall–Kier alpha value is -0.580. The first kappa shape index (κ1) is 13.8. The van der Waals surface area contributed by atoms with Gasteiger partial charge >= 0.3 is 0 Å². The lowest BCUT2D eigenvalue weighted by Gasteiger charge is -2.25. The molecule has 1 heterocycles. The van der Waals surface area contributed by atoms with Crippen LogP contribution in [0, 0.1) is 0 Å². The third kappa shape index (κ3) is 3.46. The van der Waals surface area contributed by atoms with Crippen molar-refractivity contribution in [3.63, 3.8) is 0 Å². The molecule has 18 heavy (non-hydrogen) atoms. The van der Waals surface area contributed by atoms with Crippen LogP contribution in [-0.2, 0) is 21.7 Å². The second-order valence-corrected chi connectivity index (χ2v) is 6.91. The highest BCUT2D eigenvalue weighted by molar-refractivity contribution is 7.88. The summed E-state index contributed by atoms with van der Waals surface area (Å²) in [6, 6.07) is 7.48. The second-order valence-electron chi connectivity index (χ2n) is 4.67. The fourth-order valence-electron chi connectivity index (χ4n) is 2.25. The van der Waals surface area contributed by atoms with Crippen LogP contribution in [-0.4, -0.2) is 25.8 Å². The van der Waals surface area contributed by atoms with Gasteiger partial charge in [-0.1, -0.05) is 30.7 Å². The van der Waals surface area contributed by atoms with Gasteiger partial charge < -0.3 is 0 Å². The number of hydrogen-bond acceptors (Lipinski definition) is 2. The Bertz CT molecular complexity index is 495. The Balaban J connectivity index is 2.11. The van der Waals surface area contributed by atoms with Crippen molar-refractivity contribution in [2.45, 2.75) is 30.9 Å². The monoisotopic (exact) mass is 287 g/mol. The Kier molecular flexibility index (Phi) is 4.65. The van der Waals surface area contributed by atoms with Gasteiger partial charge in [0.05, 0.1) is 5.75 Å². The van der Waals surface area contributed by atoms with Crippen molar-refractivity contribution < 1.29 is 8.42 Å². The molecule has 1 aromatic rings. The molecule has 0 spiro atoms. The molecular formula is C13H18ClNO2S. The molecule has 1 saturated heterocycles. The smallest absolute Gasteiger partial charge is 0.212 e. The maximum absolute atomic E-state index is 12.2. The van der Waals surface area contributed by atoms with E-state index in [0.29, 0.717) is 19.0 Å². The lowest BCUT2D eigenvalue weighted by Crippen LogP contribution is -2.36. The van der Waals surface area contributed by atoms with Crippen molar-refractivity contribution >= 4 is 21.6 Å². The molecule has 0 atom stereocenters. The molecular weight excluding hydrogens is 270 g/mol. The van der Waals surface area contributed by atoms with Crippen LogP contribution in [0.15, 0.2) is 24.3 Å². The van der Waals surface area contributed by atoms with E-state index in [9.17, 15) is 8.42 Å². The average molecular weight is 288 g/mol. The predicted molar refractivity (Wildman–Crippen MR) is 74.0 cm³/mol. The predicted octanol–water partition coefficient (Wildman–Crippen LogP) is 2.74. The molecule has 0 aliphatic carbocycles. The molecule has 1 aliphatic heterocycles. The molecule has 100 valence electrons. The molecule has 0 aromatic heterocycles. The fraction of sp³-hybridized carbons (Fsp3) is 0.538. The highest BCUT2D eigenvalue weighted by Gasteiger charge is 2.23. The third-order valence-corrected chi connectivity index (χ3v) is 5.36. The number of benzene rings is 1. The maximum Gasteiger partial charge on any atom is 0.218 e. The summed E-state index contributed by atoms with van der Waals surface area (Å²) in [4.78, 5) is 0. The van der Waals surface area contributed by atoms with Gasteiger partial charge in [0.25, 0.3) is 0 Å². The summed E-state index contributed by atoms with van der Waals surface area (Å²) < 4.78 is 26.1. The summed E-state index contributed by atoms with van der Waals surface area (Å²) in [6.45, 7) is 1.33. The Labute approximate surface area is 114 Å². The van der Waals surface area contributed by atoms with Gasteiger partial charge in [-0.25, -0.2) is 12.7 Å². The first-order chi connectivity index (χ1) is 8.62. The SMILES string of the molecule is O=S(=O)(Cc1cccc(CCl)c1)N1CCCCC1. The molecule has 0 N–H and O–H groups in total. The van der Waals surface area contributed by atoms with Crippen molar-refractivity contribution in [1.29, 1.82) is 0 Å². The number of nitrogens with zero attached hydrogens (tertiary/aromatic N) is 1. The van der Waals surface area contributed by atoms with Gasteiger partial charge in [-0.2, -0.15) is 0 Å². The van der Waals surface area contributed by atoms with Gasteiger partial charge in [0.1, 0.15) is 0 Å². The summed E-state index contributed by atoms with van der Waals surface area (Å²) in [6.07, 6.45) is 3.08. The number of sulfonamides is 1. The molecule has 0 unspecified atom stereocenters. The first-order valence-corrected chi connectivity index (χ1v) is 8.38. The van der Waals surface area contributed by atoms with Crippen molar-refractivity contribution in [2.24, 2.45) is 0 Å². The van der Waals surface area contributed by atoms with Gasteiger partial charge in [0.2, 0.25) is 10.0 Å². The number of hydrogen-bond donors (Lipinski definition) is 0. The van der Waals surface area contributed by atoms with Crippen molar-refractivity contribution in [1.82, 2.24) is 4.31 Å². The van der Waals surface area contributed by atoms with E-state index in [-0.39, 0.29) is 5.75 Å². The van der Waals surface area contributed by atoms with Crippen LogP contribution in [0.2, 0.25) is 0 Å². The molecule has 1 aromatic carbocycles. The summed E-state index contributed by atoms with van der Waals surface area (Å²) in [5.74, 6) is 0.495. The summed E-state index contributed by atoms with van der Waals surface area (Å²) in [5.41, 5.74) is 1.78. The van der Waals surface area contributed by atoms with Crippen LogP contribution in [0.25, 0.3) is 0 Å². The van der Waals surface area contributed by atoms with E-state index >= 15 is 0 Å². The largest absolute Gasteiger partial charge is 0.218 e. The number of halogens is 1. The number of alkyl halides is 1. The number of piperidine rings is 1. The van der Waals surface area contributed by atoms with Crippen LogP contribution in [0.5, 0.6) is 0 Å². The van der Waals surface area contributed by atoms with Gasteiger partial charge in [-0.05, 0) is 24.0 Å².